The van der Waals surface area contributed by atoms with E-state index in [1.807, 2.05) is 0 Å². The number of aliphatic hydroxyl groups excluding tert-OH is 1. The molecule has 1 rings (SSSR count). The minimum atomic E-state index is -3.66. The molecule has 0 amide bonds. The molecule has 0 aromatic heterocycles. The molecule has 0 radical (unpaired) electrons. The number of nitrogens with one attached hydrogen (secondary N) is 1. The van der Waals surface area contributed by atoms with Crippen molar-refractivity contribution in [3.63, 3.8) is 0 Å². The van der Waals surface area contributed by atoms with E-state index in [1.54, 1.807) is 0 Å². The summed E-state index contributed by atoms with van der Waals surface area (Å²) in [7, 11) is -3.66. The Balaban J connectivity index is -0.000000221. The van der Waals surface area contributed by atoms with Gasteiger partial charge in [0.25, 0.3) is 10.1 Å². The Morgan fingerprint density at radius 2 is 1.71 bits per heavy atom. The average Bonchev–Trinajstić information content (AvgIpc) is 2.20. The molecule has 1 saturated heterocycles. The van der Waals surface area contributed by atoms with Crippen molar-refractivity contribution >= 4 is 10.1 Å². The standard InChI is InChI=1S/C6H14N2O.C2H6O3S.Na.H2O/c9-6-5-8-3-1-7-2-4-8;1-2-6(3,4)5;;/h7,9H,1-6H2;2H2,1H3,(H,3,4,5);;1H2/q;;+1;/p-1. The zero-order chi connectivity index (χ0) is 11.7. The van der Waals surface area contributed by atoms with Gasteiger partial charge in [0.1, 0.15) is 0 Å². The van der Waals surface area contributed by atoms with Crippen molar-refractivity contribution in [1.82, 2.24) is 10.2 Å². The Hall–Kier alpha value is 0.750. The molecule has 4 N–H and O–H groups in total. The molecule has 0 aliphatic carbocycles. The van der Waals surface area contributed by atoms with Crippen LogP contribution in [0.3, 0.4) is 0 Å². The Morgan fingerprint density at radius 3 is 2.00 bits per heavy atom. The van der Waals surface area contributed by atoms with E-state index in [0.717, 1.165) is 32.7 Å². The topological polar surface area (TPSA) is 120 Å². The van der Waals surface area contributed by atoms with Gasteiger partial charge < -0.3 is 15.9 Å². The van der Waals surface area contributed by atoms with E-state index >= 15 is 0 Å². The summed E-state index contributed by atoms with van der Waals surface area (Å²) in [5.74, 6) is -0.201. The molecule has 7 nitrogen and oxygen atoms in total. The monoisotopic (exact) mass is 280 g/mol. The van der Waals surface area contributed by atoms with Crippen LogP contribution < -0.4 is 34.9 Å². The first-order chi connectivity index (χ1) is 6.99. The summed E-state index contributed by atoms with van der Waals surface area (Å²) >= 11 is 0. The second-order valence-electron chi connectivity index (χ2n) is 3.19. The van der Waals surface area contributed by atoms with Crippen LogP contribution >= 0.6 is 0 Å². The Morgan fingerprint density at radius 1 is 1.29 bits per heavy atom. The van der Waals surface area contributed by atoms with E-state index in [9.17, 15) is 8.42 Å². The SMILES string of the molecule is CCS(=O)(=O)O.OCCN1CCNCC1.[Na+].[OH-]. The second-order valence-corrected chi connectivity index (χ2v) is 4.93. The fourth-order valence-corrected chi connectivity index (χ4v) is 1.08. The van der Waals surface area contributed by atoms with Gasteiger partial charge in [-0.25, -0.2) is 0 Å². The first-order valence-electron chi connectivity index (χ1n) is 4.98. The molecular formula is C8H21N2NaO5S. The van der Waals surface area contributed by atoms with Crippen molar-refractivity contribution < 1.29 is 53.1 Å². The zero-order valence-corrected chi connectivity index (χ0v) is 13.3. The summed E-state index contributed by atoms with van der Waals surface area (Å²) in [6.45, 7) is 6.80. The van der Waals surface area contributed by atoms with Gasteiger partial charge in [-0.1, -0.05) is 0 Å². The van der Waals surface area contributed by atoms with Crippen molar-refractivity contribution in [2.75, 3.05) is 45.1 Å². The van der Waals surface area contributed by atoms with Crippen molar-refractivity contribution in [2.45, 2.75) is 6.92 Å². The van der Waals surface area contributed by atoms with Gasteiger partial charge in [-0.05, 0) is 6.92 Å². The predicted octanol–water partition coefficient (Wildman–Crippen LogP) is -4.39. The maximum absolute atomic E-state index is 9.56. The second kappa shape index (κ2) is 13.2. The summed E-state index contributed by atoms with van der Waals surface area (Å²) in [6, 6.07) is 0. The first-order valence-corrected chi connectivity index (χ1v) is 6.59. The zero-order valence-electron chi connectivity index (χ0n) is 10.5. The molecule has 0 atom stereocenters. The van der Waals surface area contributed by atoms with E-state index in [0.29, 0.717) is 6.61 Å². The van der Waals surface area contributed by atoms with Crippen LogP contribution in [0.25, 0.3) is 0 Å². The van der Waals surface area contributed by atoms with Gasteiger partial charge in [0, 0.05) is 32.7 Å². The van der Waals surface area contributed by atoms with E-state index in [4.69, 9.17) is 9.66 Å². The molecule has 0 spiro atoms. The van der Waals surface area contributed by atoms with Gasteiger partial charge >= 0.3 is 29.6 Å². The van der Waals surface area contributed by atoms with Crippen molar-refractivity contribution in [2.24, 2.45) is 0 Å². The van der Waals surface area contributed by atoms with Gasteiger partial charge in [0.05, 0.1) is 12.4 Å². The van der Waals surface area contributed by atoms with Crippen molar-refractivity contribution in [3.8, 4) is 0 Å². The van der Waals surface area contributed by atoms with Crippen LogP contribution in [0.4, 0.5) is 0 Å². The van der Waals surface area contributed by atoms with Gasteiger partial charge in [0.2, 0.25) is 0 Å². The largest absolute Gasteiger partial charge is 1.00 e. The third-order valence-electron chi connectivity index (χ3n) is 1.99. The molecule has 1 fully saturated rings. The summed E-state index contributed by atoms with van der Waals surface area (Å²) in [5, 5.41) is 11.8. The number of aliphatic hydroxyl groups is 1. The Labute approximate surface area is 125 Å². The van der Waals surface area contributed by atoms with E-state index in [1.165, 1.54) is 6.92 Å². The summed E-state index contributed by atoms with van der Waals surface area (Å²) in [6.07, 6.45) is 0. The van der Waals surface area contributed by atoms with Gasteiger partial charge in [-0.3, -0.25) is 9.45 Å². The fraction of sp³-hybridized carbons (Fsp3) is 1.00. The molecule has 1 heterocycles. The maximum atomic E-state index is 9.56. The third-order valence-corrected chi connectivity index (χ3v) is 2.72. The van der Waals surface area contributed by atoms with Gasteiger partial charge in [-0.2, -0.15) is 8.42 Å². The molecule has 17 heavy (non-hydrogen) atoms. The molecule has 1 aliphatic rings. The van der Waals surface area contributed by atoms with Crippen LogP contribution in [0, 0.1) is 0 Å². The number of nitrogens with zero attached hydrogens (tertiary/aromatic N) is 1. The van der Waals surface area contributed by atoms with Crippen LogP contribution in [0.15, 0.2) is 0 Å². The molecular weight excluding hydrogens is 259 g/mol. The third kappa shape index (κ3) is 16.8. The average molecular weight is 280 g/mol. The van der Waals surface area contributed by atoms with Gasteiger partial charge in [0.15, 0.2) is 0 Å². The number of rotatable bonds is 3. The number of β-amino-alcohol motifs (C(OH)–C–C–N with tert-alkyl or cyclic N) is 1. The van der Waals surface area contributed by atoms with Crippen molar-refractivity contribution in [3.05, 3.63) is 0 Å². The van der Waals surface area contributed by atoms with Gasteiger partial charge in [-0.15, -0.1) is 0 Å². The van der Waals surface area contributed by atoms with E-state index in [2.05, 4.69) is 10.2 Å². The minimum absolute atomic E-state index is 0. The fourth-order valence-electron chi connectivity index (χ4n) is 1.08. The molecule has 100 valence electrons. The predicted molar refractivity (Wildman–Crippen MR) is 60.4 cm³/mol. The van der Waals surface area contributed by atoms with Crippen LogP contribution in [-0.2, 0) is 10.1 Å². The minimum Gasteiger partial charge on any atom is -0.870 e. The molecule has 0 aromatic rings. The number of hydrogen-bond acceptors (Lipinski definition) is 6. The number of hydrogen-bond donors (Lipinski definition) is 3. The molecule has 0 saturated carbocycles. The van der Waals surface area contributed by atoms with E-state index < -0.39 is 10.1 Å². The molecule has 9 heteroatoms. The molecule has 0 bridgehead atoms. The maximum Gasteiger partial charge on any atom is 1.00 e. The van der Waals surface area contributed by atoms with Crippen LogP contribution in [0.5, 0.6) is 0 Å². The summed E-state index contributed by atoms with van der Waals surface area (Å²) < 4.78 is 26.9. The van der Waals surface area contributed by atoms with Crippen LogP contribution in [0.1, 0.15) is 6.92 Å². The Bertz CT molecular complexity index is 242. The molecule has 0 aromatic carbocycles. The normalized spacial score (nSPS) is 15.9. The molecule has 1 aliphatic heterocycles. The van der Waals surface area contributed by atoms with Crippen LogP contribution in [0.2, 0.25) is 0 Å². The van der Waals surface area contributed by atoms with Crippen molar-refractivity contribution in [1.29, 1.82) is 0 Å². The van der Waals surface area contributed by atoms with Crippen LogP contribution in [-0.4, -0.2) is 73.5 Å². The quantitative estimate of drug-likeness (QED) is 0.353. The summed E-state index contributed by atoms with van der Waals surface area (Å²) in [5.41, 5.74) is 0. The molecule has 0 unspecified atom stereocenters. The summed E-state index contributed by atoms with van der Waals surface area (Å²) in [4.78, 5) is 2.26. The van der Waals surface area contributed by atoms with E-state index in [-0.39, 0.29) is 40.8 Å². The number of piperazine rings is 1. The Kier molecular flexibility index (Phi) is 17.8. The first kappa shape index (κ1) is 22.9. The smallest absolute Gasteiger partial charge is 0.870 e.